The molecule has 2 unspecified atom stereocenters. The maximum atomic E-state index is 2.37. The molecule has 3 rings (SSSR count). The summed E-state index contributed by atoms with van der Waals surface area (Å²) in [6.45, 7) is 0. The molecule has 0 aromatic carbocycles. The van der Waals surface area contributed by atoms with Gasteiger partial charge >= 0.3 is 0 Å². The molecular weight excluding hydrogens is 223 g/mol. The standard InChI is InChI=1S/C11H14.Zr/c1-3-8-7-9-4-2-6-11(9)10(8)5-1;/h1,3,9,11H,2,4-7H2;. The quantitative estimate of drug-likeness (QED) is 0.607. The van der Waals surface area contributed by atoms with Crippen LogP contribution in [0.15, 0.2) is 23.3 Å². The van der Waals surface area contributed by atoms with Crippen molar-refractivity contribution in [1.29, 1.82) is 0 Å². The molecule has 0 amide bonds. The Hall–Kier alpha value is 0.363. The Morgan fingerprint density at radius 1 is 1.25 bits per heavy atom. The fraction of sp³-hybridized carbons (Fsp3) is 0.636. The van der Waals surface area contributed by atoms with Gasteiger partial charge in [0.05, 0.1) is 0 Å². The molecule has 3 aliphatic carbocycles. The molecule has 0 aliphatic heterocycles. The second kappa shape index (κ2) is 3.25. The summed E-state index contributed by atoms with van der Waals surface area (Å²) < 4.78 is 0. The van der Waals surface area contributed by atoms with Crippen LogP contribution in [0.2, 0.25) is 0 Å². The third kappa shape index (κ3) is 1.13. The van der Waals surface area contributed by atoms with Crippen LogP contribution in [0.5, 0.6) is 0 Å². The monoisotopic (exact) mass is 236 g/mol. The van der Waals surface area contributed by atoms with Gasteiger partial charge in [0.15, 0.2) is 0 Å². The number of fused-ring (bicyclic) bond motifs is 2. The van der Waals surface area contributed by atoms with E-state index in [9.17, 15) is 0 Å². The van der Waals surface area contributed by atoms with Crippen LogP contribution in [-0.4, -0.2) is 0 Å². The number of hydrogen-bond acceptors (Lipinski definition) is 0. The molecule has 1 fully saturated rings. The summed E-state index contributed by atoms with van der Waals surface area (Å²) in [6, 6.07) is 0. The summed E-state index contributed by atoms with van der Waals surface area (Å²) in [7, 11) is 0. The van der Waals surface area contributed by atoms with Crippen LogP contribution >= 0.6 is 0 Å². The zero-order chi connectivity index (χ0) is 7.26. The SMILES string of the molecule is C1=CC2=C(C1)C1CCCC1C2.[Zr]. The van der Waals surface area contributed by atoms with E-state index in [-0.39, 0.29) is 26.2 Å². The number of rotatable bonds is 0. The number of hydrogen-bond donors (Lipinski definition) is 0. The van der Waals surface area contributed by atoms with Crippen molar-refractivity contribution >= 4 is 0 Å². The van der Waals surface area contributed by atoms with Crippen LogP contribution in [0.25, 0.3) is 0 Å². The van der Waals surface area contributed by atoms with E-state index in [1.165, 1.54) is 32.1 Å². The third-order valence-corrected chi connectivity index (χ3v) is 3.66. The maximum absolute atomic E-state index is 2.37. The Labute approximate surface area is 93.2 Å². The summed E-state index contributed by atoms with van der Waals surface area (Å²) in [5.74, 6) is 2.07. The third-order valence-electron chi connectivity index (χ3n) is 3.66. The van der Waals surface area contributed by atoms with Crippen molar-refractivity contribution in [3.05, 3.63) is 23.3 Å². The number of allylic oxidation sites excluding steroid dienone is 4. The first-order chi connectivity index (χ1) is 5.45. The van der Waals surface area contributed by atoms with Gasteiger partial charge in [0.25, 0.3) is 0 Å². The van der Waals surface area contributed by atoms with Crippen molar-refractivity contribution in [2.24, 2.45) is 11.8 Å². The Balaban J connectivity index is 0.000000563. The maximum Gasteiger partial charge on any atom is 0 e. The second-order valence-electron chi connectivity index (χ2n) is 4.16. The molecule has 0 saturated heterocycles. The summed E-state index contributed by atoms with van der Waals surface area (Å²) in [6.07, 6.45) is 11.9. The fourth-order valence-corrected chi connectivity index (χ4v) is 3.18. The summed E-state index contributed by atoms with van der Waals surface area (Å²) in [5.41, 5.74) is 3.52. The molecule has 0 bridgehead atoms. The van der Waals surface area contributed by atoms with Crippen molar-refractivity contribution < 1.29 is 26.2 Å². The zero-order valence-electron chi connectivity index (χ0n) is 7.34. The van der Waals surface area contributed by atoms with Crippen LogP contribution in [0, 0.1) is 11.8 Å². The van der Waals surface area contributed by atoms with Crippen molar-refractivity contribution in [1.82, 2.24) is 0 Å². The molecule has 3 aliphatic rings. The molecule has 0 aromatic rings. The zero-order valence-corrected chi connectivity index (χ0v) is 9.80. The van der Waals surface area contributed by atoms with Gasteiger partial charge in [-0.2, -0.15) is 0 Å². The Kier molecular flexibility index (Phi) is 2.42. The smallest absolute Gasteiger partial charge is 0 e. The molecule has 0 radical (unpaired) electrons. The average Bonchev–Trinajstić information content (AvgIpc) is 2.52. The van der Waals surface area contributed by atoms with E-state index in [4.69, 9.17) is 0 Å². The van der Waals surface area contributed by atoms with Gasteiger partial charge in [-0.3, -0.25) is 0 Å². The molecule has 0 heterocycles. The molecule has 0 spiro atoms. The largest absolute Gasteiger partial charge is 0.0802 e. The first-order valence-electron chi connectivity index (χ1n) is 4.83. The minimum absolute atomic E-state index is 0. The minimum Gasteiger partial charge on any atom is -0.0802 e. The molecule has 1 saturated carbocycles. The first kappa shape index (κ1) is 8.94. The van der Waals surface area contributed by atoms with Gasteiger partial charge in [-0.05, 0) is 43.1 Å². The summed E-state index contributed by atoms with van der Waals surface area (Å²) in [5, 5.41) is 0. The first-order valence-corrected chi connectivity index (χ1v) is 4.83. The van der Waals surface area contributed by atoms with E-state index >= 15 is 0 Å². The fourth-order valence-electron chi connectivity index (χ4n) is 3.18. The van der Waals surface area contributed by atoms with E-state index < -0.39 is 0 Å². The molecule has 0 aromatic heterocycles. The van der Waals surface area contributed by atoms with Gasteiger partial charge in [0.2, 0.25) is 0 Å². The van der Waals surface area contributed by atoms with Crippen molar-refractivity contribution in [3.8, 4) is 0 Å². The van der Waals surface area contributed by atoms with Crippen molar-refractivity contribution in [2.75, 3.05) is 0 Å². The van der Waals surface area contributed by atoms with Gasteiger partial charge in [-0.1, -0.05) is 24.1 Å². The van der Waals surface area contributed by atoms with Crippen molar-refractivity contribution in [3.63, 3.8) is 0 Å². The van der Waals surface area contributed by atoms with Gasteiger partial charge in [-0.15, -0.1) is 0 Å². The molecular formula is C11H14Zr. The second-order valence-corrected chi connectivity index (χ2v) is 4.16. The predicted octanol–water partition coefficient (Wildman–Crippen LogP) is 3.06. The normalized spacial score (nSPS) is 36.7. The van der Waals surface area contributed by atoms with Crippen molar-refractivity contribution in [2.45, 2.75) is 32.1 Å². The molecule has 62 valence electrons. The topological polar surface area (TPSA) is 0 Å². The average molecular weight is 237 g/mol. The van der Waals surface area contributed by atoms with E-state index in [2.05, 4.69) is 12.2 Å². The molecule has 1 heteroatoms. The minimum atomic E-state index is 0. The van der Waals surface area contributed by atoms with Crippen LogP contribution in [-0.2, 0) is 26.2 Å². The van der Waals surface area contributed by atoms with Crippen LogP contribution in [0.3, 0.4) is 0 Å². The van der Waals surface area contributed by atoms with Crippen LogP contribution < -0.4 is 0 Å². The van der Waals surface area contributed by atoms with E-state index in [0.717, 1.165) is 11.8 Å². The van der Waals surface area contributed by atoms with Gasteiger partial charge in [0.1, 0.15) is 0 Å². The van der Waals surface area contributed by atoms with E-state index in [0.29, 0.717) is 0 Å². The summed E-state index contributed by atoms with van der Waals surface area (Å²) >= 11 is 0. The summed E-state index contributed by atoms with van der Waals surface area (Å²) in [4.78, 5) is 0. The molecule has 0 N–H and O–H groups in total. The Bertz CT molecular complexity index is 250. The van der Waals surface area contributed by atoms with E-state index in [1.54, 1.807) is 5.57 Å². The molecule has 12 heavy (non-hydrogen) atoms. The van der Waals surface area contributed by atoms with Crippen LogP contribution in [0.1, 0.15) is 32.1 Å². The van der Waals surface area contributed by atoms with E-state index in [1.807, 2.05) is 5.57 Å². The van der Waals surface area contributed by atoms with Gasteiger partial charge in [-0.25, -0.2) is 0 Å². The van der Waals surface area contributed by atoms with Crippen LogP contribution in [0.4, 0.5) is 0 Å². The predicted molar refractivity (Wildman–Crippen MR) is 46.2 cm³/mol. The molecule has 0 nitrogen and oxygen atoms in total. The van der Waals surface area contributed by atoms with Gasteiger partial charge in [0, 0.05) is 26.2 Å². The Morgan fingerprint density at radius 3 is 3.08 bits per heavy atom. The Morgan fingerprint density at radius 2 is 2.17 bits per heavy atom. The van der Waals surface area contributed by atoms with Gasteiger partial charge < -0.3 is 0 Å². The molecule has 2 atom stereocenters.